The van der Waals surface area contributed by atoms with E-state index in [2.05, 4.69) is 20.8 Å². The molecule has 0 aliphatic rings. The number of carbonyl (C=O) groups excluding carboxylic acids is 1. The lowest BCUT2D eigenvalue weighted by atomic mass is 10.1. The molecule has 0 saturated heterocycles. The quantitative estimate of drug-likeness (QED) is 0.481. The van der Waals surface area contributed by atoms with E-state index in [0.717, 1.165) is 32.3 Å². The molecule has 0 fully saturated rings. The Labute approximate surface area is 135 Å². The monoisotopic (exact) mass is 318 g/mol. The first kappa shape index (κ1) is 21.5. The number of unbranched alkanes of at least 4 members (excludes halogenated alkanes) is 2. The van der Waals surface area contributed by atoms with Gasteiger partial charge in [-0.1, -0.05) is 13.3 Å². The van der Waals surface area contributed by atoms with Gasteiger partial charge in [-0.25, -0.2) is 0 Å². The summed E-state index contributed by atoms with van der Waals surface area (Å²) in [6, 6.07) is 0. The Morgan fingerprint density at radius 1 is 1.14 bits per heavy atom. The molecule has 5 nitrogen and oxygen atoms in total. The van der Waals surface area contributed by atoms with Crippen molar-refractivity contribution in [1.82, 2.24) is 0 Å². The van der Waals surface area contributed by atoms with E-state index in [9.17, 15) is 4.79 Å². The minimum Gasteiger partial charge on any atom is -0.396 e. The number of hydrogen-bond acceptors (Lipinski definition) is 5. The maximum atomic E-state index is 11.9. The Bertz CT molecular complexity index is 287. The van der Waals surface area contributed by atoms with Crippen molar-refractivity contribution < 1.29 is 24.5 Å². The van der Waals surface area contributed by atoms with Crippen molar-refractivity contribution in [3.05, 3.63) is 0 Å². The number of aliphatic hydroxyl groups is 2. The van der Waals surface area contributed by atoms with E-state index < -0.39 is 6.10 Å². The fourth-order valence-electron chi connectivity index (χ4n) is 1.77. The number of ketones is 1. The molecule has 5 heteroatoms. The summed E-state index contributed by atoms with van der Waals surface area (Å²) in [5.41, 5.74) is -0.0614. The second-order valence-corrected chi connectivity index (χ2v) is 6.45. The van der Waals surface area contributed by atoms with Crippen LogP contribution in [0.2, 0.25) is 0 Å². The third-order valence-corrected chi connectivity index (χ3v) is 3.96. The van der Waals surface area contributed by atoms with E-state index in [1.807, 2.05) is 0 Å². The van der Waals surface area contributed by atoms with Crippen molar-refractivity contribution >= 4 is 5.78 Å². The van der Waals surface area contributed by atoms with E-state index in [0.29, 0.717) is 6.42 Å². The highest BCUT2D eigenvalue weighted by Crippen LogP contribution is 2.14. The van der Waals surface area contributed by atoms with E-state index in [-0.39, 0.29) is 37.1 Å². The van der Waals surface area contributed by atoms with Gasteiger partial charge in [-0.2, -0.15) is 0 Å². The van der Waals surface area contributed by atoms with Crippen molar-refractivity contribution in [2.75, 3.05) is 26.4 Å². The van der Waals surface area contributed by atoms with Crippen LogP contribution in [0.3, 0.4) is 0 Å². The van der Waals surface area contributed by atoms with Crippen LogP contribution in [0.25, 0.3) is 0 Å². The highest BCUT2D eigenvalue weighted by atomic mass is 16.5. The lowest BCUT2D eigenvalue weighted by Crippen LogP contribution is -2.26. The molecule has 0 spiro atoms. The van der Waals surface area contributed by atoms with E-state index in [1.54, 1.807) is 6.92 Å². The maximum absolute atomic E-state index is 11.9. The molecular weight excluding hydrogens is 284 g/mol. The highest BCUT2D eigenvalue weighted by Gasteiger charge is 2.16. The molecule has 0 aliphatic heterocycles. The fourth-order valence-corrected chi connectivity index (χ4v) is 1.77. The lowest BCUT2D eigenvalue weighted by molar-refractivity contribution is -0.131. The molecule has 0 amide bonds. The van der Waals surface area contributed by atoms with Crippen molar-refractivity contribution in [3.63, 3.8) is 0 Å². The van der Waals surface area contributed by atoms with Gasteiger partial charge in [0, 0.05) is 18.9 Å². The summed E-state index contributed by atoms with van der Waals surface area (Å²) in [4.78, 5) is 11.9. The topological polar surface area (TPSA) is 76.0 Å². The first-order valence-corrected chi connectivity index (χ1v) is 8.36. The zero-order valence-corrected chi connectivity index (χ0v) is 14.6. The maximum Gasteiger partial charge on any atom is 0.161 e. The molecule has 22 heavy (non-hydrogen) atoms. The molecule has 0 aromatic carbocycles. The van der Waals surface area contributed by atoms with Crippen LogP contribution < -0.4 is 0 Å². The second kappa shape index (κ2) is 12.0. The van der Waals surface area contributed by atoms with E-state index in [1.165, 1.54) is 0 Å². The van der Waals surface area contributed by atoms with Crippen molar-refractivity contribution in [3.8, 4) is 0 Å². The van der Waals surface area contributed by atoms with Crippen LogP contribution in [0.1, 0.15) is 59.8 Å². The molecule has 0 aromatic heterocycles. The molecular formula is C17H34O5. The molecule has 0 saturated carbocycles. The molecule has 1 atom stereocenters. The van der Waals surface area contributed by atoms with Crippen molar-refractivity contribution in [2.45, 2.75) is 71.5 Å². The van der Waals surface area contributed by atoms with Crippen molar-refractivity contribution in [1.29, 1.82) is 0 Å². The summed E-state index contributed by atoms with van der Waals surface area (Å²) >= 11 is 0. The van der Waals surface area contributed by atoms with E-state index in [4.69, 9.17) is 19.7 Å². The average molecular weight is 318 g/mol. The van der Waals surface area contributed by atoms with Gasteiger partial charge in [0.05, 0.1) is 25.4 Å². The average Bonchev–Trinajstić information content (AvgIpc) is 2.51. The Morgan fingerprint density at radius 2 is 1.77 bits per heavy atom. The third-order valence-electron chi connectivity index (χ3n) is 3.96. The van der Waals surface area contributed by atoms with Gasteiger partial charge >= 0.3 is 0 Å². The van der Waals surface area contributed by atoms with Gasteiger partial charge in [-0.3, -0.25) is 4.79 Å². The van der Waals surface area contributed by atoms with Crippen LogP contribution in [0.5, 0.6) is 0 Å². The first-order chi connectivity index (χ1) is 10.4. The molecule has 0 radical (unpaired) electrons. The van der Waals surface area contributed by atoms with Crippen LogP contribution in [0, 0.1) is 5.92 Å². The summed E-state index contributed by atoms with van der Waals surface area (Å²) in [6.45, 7) is 8.68. The fraction of sp³-hybridized carbons (Fsp3) is 0.941. The number of ether oxygens (including phenoxy) is 2. The predicted molar refractivity (Wildman–Crippen MR) is 86.9 cm³/mol. The largest absolute Gasteiger partial charge is 0.396 e. The summed E-state index contributed by atoms with van der Waals surface area (Å²) in [5.74, 6) is -0.237. The van der Waals surface area contributed by atoms with Gasteiger partial charge in [0.15, 0.2) is 5.78 Å². The SMILES string of the molecule is CCC(C)(C)OCCCCCC(=O)C(C)OCC(CO)CO. The summed E-state index contributed by atoms with van der Waals surface area (Å²) in [6.07, 6.45) is 3.78. The van der Waals surface area contributed by atoms with Gasteiger partial charge in [0.2, 0.25) is 0 Å². The first-order valence-electron chi connectivity index (χ1n) is 8.36. The Morgan fingerprint density at radius 3 is 2.32 bits per heavy atom. The van der Waals surface area contributed by atoms with Crippen LogP contribution in [0.4, 0.5) is 0 Å². The molecule has 0 heterocycles. The second-order valence-electron chi connectivity index (χ2n) is 6.45. The molecule has 0 rings (SSSR count). The smallest absolute Gasteiger partial charge is 0.161 e. The summed E-state index contributed by atoms with van der Waals surface area (Å²) in [7, 11) is 0. The minimum atomic E-state index is -0.476. The highest BCUT2D eigenvalue weighted by molar-refractivity contribution is 5.82. The summed E-state index contributed by atoms with van der Waals surface area (Å²) in [5, 5.41) is 17.9. The van der Waals surface area contributed by atoms with E-state index >= 15 is 0 Å². The molecule has 0 aliphatic carbocycles. The molecule has 2 N–H and O–H groups in total. The van der Waals surface area contributed by atoms with Crippen LogP contribution in [0.15, 0.2) is 0 Å². The minimum absolute atomic E-state index is 0.0614. The van der Waals surface area contributed by atoms with Crippen LogP contribution >= 0.6 is 0 Å². The standard InChI is InChI=1S/C17H34O5/c1-5-17(3,4)22-10-8-6-7-9-16(20)14(2)21-13-15(11-18)12-19/h14-15,18-19H,5-13H2,1-4H3. The number of Topliss-reactive ketones (excluding diaryl/α,β-unsaturated/α-hetero) is 1. The van der Waals surface area contributed by atoms with Gasteiger partial charge in [0.1, 0.15) is 6.10 Å². The Balaban J connectivity index is 3.68. The lowest BCUT2D eigenvalue weighted by Gasteiger charge is -2.23. The third kappa shape index (κ3) is 10.3. The van der Waals surface area contributed by atoms with Gasteiger partial charge < -0.3 is 19.7 Å². The predicted octanol–water partition coefficient (Wildman–Crippen LogP) is 2.33. The number of carbonyl (C=O) groups is 1. The number of hydrogen-bond donors (Lipinski definition) is 2. The zero-order valence-electron chi connectivity index (χ0n) is 14.6. The van der Waals surface area contributed by atoms with Crippen LogP contribution in [-0.2, 0) is 14.3 Å². The number of rotatable bonds is 14. The molecule has 0 aromatic rings. The van der Waals surface area contributed by atoms with Gasteiger partial charge in [-0.05, 0) is 40.0 Å². The van der Waals surface area contributed by atoms with Crippen LogP contribution in [-0.4, -0.2) is 54.1 Å². The Hall–Kier alpha value is -0.490. The normalized spacial score (nSPS) is 13.6. The molecule has 0 bridgehead atoms. The zero-order chi connectivity index (χ0) is 17.0. The Kier molecular flexibility index (Phi) is 11.7. The van der Waals surface area contributed by atoms with Gasteiger partial charge in [-0.15, -0.1) is 0 Å². The molecule has 132 valence electrons. The van der Waals surface area contributed by atoms with Gasteiger partial charge in [0.25, 0.3) is 0 Å². The number of aliphatic hydroxyl groups excluding tert-OH is 2. The summed E-state index contributed by atoms with van der Waals surface area (Å²) < 4.78 is 11.2. The van der Waals surface area contributed by atoms with Crippen molar-refractivity contribution in [2.24, 2.45) is 5.92 Å². The molecule has 1 unspecified atom stereocenters.